The number of aromatic amines is 1. The van der Waals surface area contributed by atoms with E-state index in [0.717, 1.165) is 4.90 Å². The highest BCUT2D eigenvalue weighted by atomic mass is 32.2. The standard InChI is InChI=1S/C9H12NOS/c1-9(2,3)12-8-6-10-5-4-7(8)11/h4,6H,1-3H3,(H,10,11). The van der Waals surface area contributed by atoms with Crippen molar-refractivity contribution in [3.63, 3.8) is 0 Å². The Kier molecular flexibility index (Phi) is 2.62. The normalized spacial score (nSPS) is 11.6. The molecule has 0 saturated heterocycles. The van der Waals surface area contributed by atoms with Crippen molar-refractivity contribution in [1.29, 1.82) is 0 Å². The molecule has 1 heterocycles. The van der Waals surface area contributed by atoms with Gasteiger partial charge >= 0.3 is 0 Å². The lowest BCUT2D eigenvalue weighted by molar-refractivity contribution is 0.801. The van der Waals surface area contributed by atoms with Crippen molar-refractivity contribution in [2.45, 2.75) is 30.4 Å². The van der Waals surface area contributed by atoms with Crippen LogP contribution < -0.4 is 5.43 Å². The molecule has 0 aliphatic carbocycles. The molecule has 1 N–H and O–H groups in total. The molecule has 0 amide bonds. The second-order valence-electron chi connectivity index (χ2n) is 3.52. The van der Waals surface area contributed by atoms with Gasteiger partial charge in [-0.2, -0.15) is 0 Å². The molecule has 0 unspecified atom stereocenters. The van der Waals surface area contributed by atoms with Crippen LogP contribution in [-0.4, -0.2) is 9.73 Å². The Bertz CT molecular complexity index is 311. The molecule has 1 aromatic heterocycles. The molecule has 0 aliphatic rings. The second-order valence-corrected chi connectivity index (χ2v) is 5.39. The van der Waals surface area contributed by atoms with Gasteiger partial charge in [-0.3, -0.25) is 4.79 Å². The molecule has 0 aliphatic heterocycles. The summed E-state index contributed by atoms with van der Waals surface area (Å²) in [5.74, 6) is 0. The zero-order chi connectivity index (χ0) is 9.19. The minimum atomic E-state index is 0.0358. The fourth-order valence-electron chi connectivity index (χ4n) is 0.766. The van der Waals surface area contributed by atoms with Crippen molar-refractivity contribution in [3.05, 3.63) is 28.7 Å². The maximum Gasteiger partial charge on any atom is 0.195 e. The number of hydrogen-bond acceptors (Lipinski definition) is 2. The Morgan fingerprint density at radius 1 is 1.50 bits per heavy atom. The van der Waals surface area contributed by atoms with E-state index in [1.165, 1.54) is 6.07 Å². The fourth-order valence-corrected chi connectivity index (χ4v) is 1.70. The van der Waals surface area contributed by atoms with Gasteiger partial charge < -0.3 is 4.98 Å². The van der Waals surface area contributed by atoms with Crippen LogP contribution >= 0.6 is 11.8 Å². The summed E-state index contributed by atoms with van der Waals surface area (Å²) in [5, 5.41) is 0. The third-order valence-corrected chi connectivity index (χ3v) is 2.30. The predicted molar refractivity (Wildman–Crippen MR) is 51.5 cm³/mol. The van der Waals surface area contributed by atoms with E-state index in [4.69, 9.17) is 0 Å². The van der Waals surface area contributed by atoms with E-state index < -0.39 is 0 Å². The first-order chi connectivity index (χ1) is 5.49. The van der Waals surface area contributed by atoms with Gasteiger partial charge in [0.1, 0.15) is 0 Å². The number of rotatable bonds is 1. The number of thioether (sulfide) groups is 1. The SMILES string of the molecule is CC(C)(C)Sc1c[nH][c]cc1=O. The third kappa shape index (κ3) is 2.74. The zero-order valence-electron chi connectivity index (χ0n) is 7.47. The van der Waals surface area contributed by atoms with E-state index in [9.17, 15) is 4.79 Å². The van der Waals surface area contributed by atoms with Crippen molar-refractivity contribution in [3.8, 4) is 0 Å². The minimum absolute atomic E-state index is 0.0358. The highest BCUT2D eigenvalue weighted by molar-refractivity contribution is 8.00. The molecule has 3 heteroatoms. The lowest BCUT2D eigenvalue weighted by atomic mass is 10.3. The summed E-state index contributed by atoms with van der Waals surface area (Å²) in [6.07, 6.45) is 4.33. The van der Waals surface area contributed by atoms with Gasteiger partial charge in [-0.1, -0.05) is 20.8 Å². The van der Waals surface area contributed by atoms with Gasteiger partial charge in [0.2, 0.25) is 0 Å². The third-order valence-electron chi connectivity index (χ3n) is 1.15. The molecule has 1 radical (unpaired) electrons. The molecule has 65 valence electrons. The van der Waals surface area contributed by atoms with Crippen LogP contribution in [0.4, 0.5) is 0 Å². The van der Waals surface area contributed by atoms with Gasteiger partial charge in [0, 0.05) is 17.0 Å². The average Bonchev–Trinajstić information content (AvgIpc) is 1.91. The Labute approximate surface area is 76.4 Å². The minimum Gasteiger partial charge on any atom is -0.359 e. The van der Waals surface area contributed by atoms with E-state index >= 15 is 0 Å². The Balaban J connectivity index is 2.91. The summed E-state index contributed by atoms with van der Waals surface area (Å²) in [5.41, 5.74) is 0.0358. The van der Waals surface area contributed by atoms with Gasteiger partial charge in [0.05, 0.1) is 11.1 Å². The Hall–Kier alpha value is -0.700. The molecule has 2 nitrogen and oxygen atoms in total. The van der Waals surface area contributed by atoms with Crippen LogP contribution in [0.2, 0.25) is 0 Å². The number of H-pyrrole nitrogens is 1. The molecule has 1 aromatic rings. The molecule has 12 heavy (non-hydrogen) atoms. The number of pyridine rings is 1. The Morgan fingerprint density at radius 2 is 2.17 bits per heavy atom. The lowest BCUT2D eigenvalue weighted by Crippen LogP contribution is -2.12. The first-order valence-corrected chi connectivity index (χ1v) is 4.58. The van der Waals surface area contributed by atoms with Crippen molar-refractivity contribution >= 4 is 11.8 Å². The molecule has 0 saturated carbocycles. The topological polar surface area (TPSA) is 32.9 Å². The molecule has 0 aromatic carbocycles. The van der Waals surface area contributed by atoms with Gasteiger partial charge in [-0.25, -0.2) is 0 Å². The summed E-state index contributed by atoms with van der Waals surface area (Å²) in [6.45, 7) is 6.23. The lowest BCUT2D eigenvalue weighted by Gasteiger charge is -2.16. The van der Waals surface area contributed by atoms with Crippen molar-refractivity contribution in [1.82, 2.24) is 4.98 Å². The number of hydrogen-bond donors (Lipinski definition) is 1. The molecule has 1 rings (SSSR count). The van der Waals surface area contributed by atoms with Gasteiger partial charge in [-0.15, -0.1) is 11.8 Å². The zero-order valence-corrected chi connectivity index (χ0v) is 8.29. The average molecular weight is 182 g/mol. The van der Waals surface area contributed by atoms with Crippen molar-refractivity contribution in [2.75, 3.05) is 0 Å². The summed E-state index contributed by atoms with van der Waals surface area (Å²) in [7, 11) is 0. The van der Waals surface area contributed by atoms with Gasteiger partial charge in [0.25, 0.3) is 0 Å². The number of nitrogens with one attached hydrogen (secondary N) is 1. The quantitative estimate of drug-likeness (QED) is 0.674. The van der Waals surface area contributed by atoms with Crippen LogP contribution in [0.25, 0.3) is 0 Å². The molecule has 0 fully saturated rings. The summed E-state index contributed by atoms with van der Waals surface area (Å²) in [6, 6.07) is 1.42. The summed E-state index contributed by atoms with van der Waals surface area (Å²) >= 11 is 1.56. The van der Waals surface area contributed by atoms with Crippen LogP contribution in [0.1, 0.15) is 20.8 Å². The van der Waals surface area contributed by atoms with E-state index in [1.54, 1.807) is 18.0 Å². The first kappa shape index (κ1) is 9.39. The number of aromatic nitrogens is 1. The summed E-state index contributed by atoms with van der Waals surface area (Å²) < 4.78 is 0.0777. The van der Waals surface area contributed by atoms with E-state index in [2.05, 4.69) is 32.0 Å². The van der Waals surface area contributed by atoms with Crippen LogP contribution in [-0.2, 0) is 0 Å². The highest BCUT2D eigenvalue weighted by Gasteiger charge is 2.13. The molecule has 0 atom stereocenters. The van der Waals surface area contributed by atoms with Gasteiger partial charge in [0.15, 0.2) is 5.43 Å². The van der Waals surface area contributed by atoms with Crippen molar-refractivity contribution in [2.24, 2.45) is 0 Å². The largest absolute Gasteiger partial charge is 0.359 e. The van der Waals surface area contributed by atoms with E-state index in [0.29, 0.717) is 0 Å². The second kappa shape index (κ2) is 3.35. The molecular formula is C9H12NOS. The first-order valence-electron chi connectivity index (χ1n) is 3.77. The monoisotopic (exact) mass is 182 g/mol. The Morgan fingerprint density at radius 3 is 2.67 bits per heavy atom. The maximum atomic E-state index is 11.2. The van der Waals surface area contributed by atoms with Crippen LogP contribution in [0.3, 0.4) is 0 Å². The van der Waals surface area contributed by atoms with E-state index in [1.807, 2.05) is 0 Å². The molecule has 0 spiro atoms. The smallest absolute Gasteiger partial charge is 0.195 e. The highest BCUT2D eigenvalue weighted by Crippen LogP contribution is 2.28. The van der Waals surface area contributed by atoms with Crippen molar-refractivity contribution < 1.29 is 0 Å². The molecule has 0 bridgehead atoms. The fraction of sp³-hybridized carbons (Fsp3) is 0.444. The summed E-state index contributed by atoms with van der Waals surface area (Å²) in [4.78, 5) is 14.8. The van der Waals surface area contributed by atoms with Gasteiger partial charge in [-0.05, 0) is 0 Å². The van der Waals surface area contributed by atoms with Crippen LogP contribution in [0, 0.1) is 6.20 Å². The predicted octanol–water partition coefficient (Wildman–Crippen LogP) is 2.07. The van der Waals surface area contributed by atoms with Crippen LogP contribution in [0.15, 0.2) is 22.0 Å². The molecular weight excluding hydrogens is 170 g/mol. The van der Waals surface area contributed by atoms with E-state index in [-0.39, 0.29) is 10.2 Å². The maximum absolute atomic E-state index is 11.2. The van der Waals surface area contributed by atoms with Crippen LogP contribution in [0.5, 0.6) is 0 Å².